The molecule has 0 aromatic heterocycles. The van der Waals surface area contributed by atoms with Crippen LogP contribution in [0, 0.1) is 0 Å². The molecule has 3 heteroatoms. The number of rotatable bonds is 4. The van der Waals surface area contributed by atoms with Gasteiger partial charge < -0.3 is 14.8 Å². The third kappa shape index (κ3) is 2.63. The minimum Gasteiger partial charge on any atom is -0.490 e. The van der Waals surface area contributed by atoms with Crippen LogP contribution < -0.4 is 14.8 Å². The number of ether oxygens (including phenoxy) is 2. The van der Waals surface area contributed by atoms with Crippen molar-refractivity contribution in [2.24, 2.45) is 0 Å². The van der Waals surface area contributed by atoms with Crippen molar-refractivity contribution in [2.75, 3.05) is 19.7 Å². The quantitative estimate of drug-likeness (QED) is 0.817. The van der Waals surface area contributed by atoms with Gasteiger partial charge in [0.15, 0.2) is 11.5 Å². The van der Waals surface area contributed by atoms with Crippen molar-refractivity contribution in [3.63, 3.8) is 0 Å². The first kappa shape index (κ1) is 10.3. The van der Waals surface area contributed by atoms with Crippen LogP contribution in [0.4, 0.5) is 0 Å². The number of benzene rings is 1. The summed E-state index contributed by atoms with van der Waals surface area (Å²) >= 11 is 0. The van der Waals surface area contributed by atoms with E-state index in [1.807, 2.05) is 31.2 Å². The smallest absolute Gasteiger partial charge is 0.161 e. The van der Waals surface area contributed by atoms with Gasteiger partial charge in [0.2, 0.25) is 0 Å². The number of hydrogen-bond acceptors (Lipinski definition) is 3. The molecule has 2 rings (SSSR count). The van der Waals surface area contributed by atoms with Gasteiger partial charge in [-0.15, -0.1) is 0 Å². The number of para-hydroxylation sites is 2. The average Bonchev–Trinajstić information content (AvgIpc) is 2.74. The van der Waals surface area contributed by atoms with E-state index in [-0.39, 0.29) is 6.10 Å². The van der Waals surface area contributed by atoms with Crippen molar-refractivity contribution >= 4 is 0 Å². The Morgan fingerprint density at radius 2 is 2.13 bits per heavy atom. The van der Waals surface area contributed by atoms with Crippen LogP contribution in [0.1, 0.15) is 13.3 Å². The Morgan fingerprint density at radius 3 is 2.80 bits per heavy atom. The van der Waals surface area contributed by atoms with Crippen LogP contribution in [-0.2, 0) is 0 Å². The van der Waals surface area contributed by atoms with Gasteiger partial charge in [-0.1, -0.05) is 12.1 Å². The lowest BCUT2D eigenvalue weighted by Gasteiger charge is -2.15. The molecule has 1 saturated heterocycles. The lowest BCUT2D eigenvalue weighted by molar-refractivity contribution is 0.208. The van der Waals surface area contributed by atoms with E-state index in [4.69, 9.17) is 9.47 Å². The summed E-state index contributed by atoms with van der Waals surface area (Å²) in [5, 5.41) is 3.28. The maximum atomic E-state index is 5.87. The van der Waals surface area contributed by atoms with Gasteiger partial charge in [-0.2, -0.15) is 0 Å². The molecule has 3 nitrogen and oxygen atoms in total. The Kier molecular flexibility index (Phi) is 3.45. The summed E-state index contributed by atoms with van der Waals surface area (Å²) < 4.78 is 11.4. The van der Waals surface area contributed by atoms with Crippen molar-refractivity contribution in [2.45, 2.75) is 19.4 Å². The molecule has 1 N–H and O–H groups in total. The molecule has 0 saturated carbocycles. The van der Waals surface area contributed by atoms with Crippen molar-refractivity contribution < 1.29 is 9.47 Å². The minimum absolute atomic E-state index is 0.284. The number of nitrogens with one attached hydrogen (secondary N) is 1. The molecule has 1 fully saturated rings. The molecule has 1 atom stereocenters. The van der Waals surface area contributed by atoms with Gasteiger partial charge in [-0.3, -0.25) is 0 Å². The molecule has 1 unspecified atom stereocenters. The molecule has 0 radical (unpaired) electrons. The molecule has 15 heavy (non-hydrogen) atoms. The van der Waals surface area contributed by atoms with E-state index in [0.29, 0.717) is 6.61 Å². The normalized spacial score (nSPS) is 20.2. The highest BCUT2D eigenvalue weighted by Crippen LogP contribution is 2.28. The predicted octanol–water partition coefficient (Wildman–Crippen LogP) is 1.83. The standard InChI is InChI=1S/C12H17NO2/c1-2-14-11-5-3-4-6-12(11)15-10-7-8-13-9-10/h3-6,10,13H,2,7-9H2,1H3. The molecular formula is C12H17NO2. The second kappa shape index (κ2) is 5.03. The summed E-state index contributed by atoms with van der Waals surface area (Å²) in [5.74, 6) is 1.69. The average molecular weight is 207 g/mol. The Bertz CT molecular complexity index is 308. The van der Waals surface area contributed by atoms with Gasteiger partial charge in [-0.25, -0.2) is 0 Å². The third-order valence-electron chi connectivity index (χ3n) is 2.46. The zero-order valence-electron chi connectivity index (χ0n) is 9.03. The van der Waals surface area contributed by atoms with E-state index in [2.05, 4.69) is 5.32 Å². The van der Waals surface area contributed by atoms with Gasteiger partial charge in [0.1, 0.15) is 6.10 Å². The Balaban J connectivity index is 2.05. The maximum Gasteiger partial charge on any atom is 0.161 e. The molecule has 0 bridgehead atoms. The summed E-state index contributed by atoms with van der Waals surface area (Å²) in [6, 6.07) is 7.84. The molecular weight excluding hydrogens is 190 g/mol. The fourth-order valence-corrected chi connectivity index (χ4v) is 1.73. The van der Waals surface area contributed by atoms with E-state index in [9.17, 15) is 0 Å². The van der Waals surface area contributed by atoms with Gasteiger partial charge in [0.05, 0.1) is 6.61 Å². The number of hydrogen-bond donors (Lipinski definition) is 1. The van der Waals surface area contributed by atoms with Crippen LogP contribution in [0.2, 0.25) is 0 Å². The second-order valence-electron chi connectivity index (χ2n) is 3.61. The van der Waals surface area contributed by atoms with Crippen LogP contribution in [0.5, 0.6) is 11.5 Å². The highest BCUT2D eigenvalue weighted by atomic mass is 16.5. The highest BCUT2D eigenvalue weighted by Gasteiger charge is 2.17. The molecule has 1 aliphatic rings. The van der Waals surface area contributed by atoms with Gasteiger partial charge in [-0.05, 0) is 32.0 Å². The maximum absolute atomic E-state index is 5.87. The molecule has 1 aliphatic heterocycles. The third-order valence-corrected chi connectivity index (χ3v) is 2.46. The first-order chi connectivity index (χ1) is 7.40. The van der Waals surface area contributed by atoms with Crippen molar-refractivity contribution in [1.29, 1.82) is 0 Å². The first-order valence-corrected chi connectivity index (χ1v) is 5.49. The van der Waals surface area contributed by atoms with Gasteiger partial charge >= 0.3 is 0 Å². The van der Waals surface area contributed by atoms with Gasteiger partial charge in [0, 0.05) is 6.54 Å². The lowest BCUT2D eigenvalue weighted by atomic mass is 10.3. The van der Waals surface area contributed by atoms with E-state index in [1.54, 1.807) is 0 Å². The summed E-state index contributed by atoms with van der Waals surface area (Å²) in [6.45, 7) is 4.62. The summed E-state index contributed by atoms with van der Waals surface area (Å²) in [6.07, 6.45) is 1.35. The van der Waals surface area contributed by atoms with E-state index >= 15 is 0 Å². The van der Waals surface area contributed by atoms with Crippen molar-refractivity contribution in [3.05, 3.63) is 24.3 Å². The predicted molar refractivity (Wildman–Crippen MR) is 59.5 cm³/mol. The second-order valence-corrected chi connectivity index (χ2v) is 3.61. The molecule has 1 heterocycles. The van der Waals surface area contributed by atoms with Crippen molar-refractivity contribution in [3.8, 4) is 11.5 Å². The van der Waals surface area contributed by atoms with Crippen LogP contribution in [0.15, 0.2) is 24.3 Å². The zero-order valence-corrected chi connectivity index (χ0v) is 9.03. The fourth-order valence-electron chi connectivity index (χ4n) is 1.73. The van der Waals surface area contributed by atoms with Crippen LogP contribution >= 0.6 is 0 Å². The van der Waals surface area contributed by atoms with Crippen LogP contribution in [0.3, 0.4) is 0 Å². The molecule has 0 spiro atoms. The van der Waals surface area contributed by atoms with Crippen LogP contribution in [0.25, 0.3) is 0 Å². The summed E-state index contributed by atoms with van der Waals surface area (Å²) in [5.41, 5.74) is 0. The SMILES string of the molecule is CCOc1ccccc1OC1CCNC1. The zero-order chi connectivity index (χ0) is 10.5. The van der Waals surface area contributed by atoms with E-state index in [1.165, 1.54) is 0 Å². The Morgan fingerprint density at radius 1 is 1.33 bits per heavy atom. The fraction of sp³-hybridized carbons (Fsp3) is 0.500. The monoisotopic (exact) mass is 207 g/mol. The van der Waals surface area contributed by atoms with Crippen molar-refractivity contribution in [1.82, 2.24) is 5.32 Å². The van der Waals surface area contributed by atoms with E-state index in [0.717, 1.165) is 31.0 Å². The Labute approximate surface area is 90.4 Å². The lowest BCUT2D eigenvalue weighted by Crippen LogP contribution is -2.19. The molecule has 1 aromatic carbocycles. The topological polar surface area (TPSA) is 30.5 Å². The summed E-state index contributed by atoms with van der Waals surface area (Å²) in [4.78, 5) is 0. The highest BCUT2D eigenvalue weighted by molar-refractivity contribution is 5.39. The minimum atomic E-state index is 0.284. The summed E-state index contributed by atoms with van der Waals surface area (Å²) in [7, 11) is 0. The Hall–Kier alpha value is -1.22. The van der Waals surface area contributed by atoms with E-state index < -0.39 is 0 Å². The molecule has 0 aliphatic carbocycles. The first-order valence-electron chi connectivity index (χ1n) is 5.49. The molecule has 1 aromatic rings. The van der Waals surface area contributed by atoms with Gasteiger partial charge in [0.25, 0.3) is 0 Å². The largest absolute Gasteiger partial charge is 0.490 e. The molecule has 0 amide bonds. The van der Waals surface area contributed by atoms with Crippen LogP contribution in [-0.4, -0.2) is 25.8 Å². The molecule has 82 valence electrons.